The van der Waals surface area contributed by atoms with Crippen molar-refractivity contribution in [2.75, 3.05) is 25.0 Å². The Labute approximate surface area is 142 Å². The van der Waals surface area contributed by atoms with Crippen molar-refractivity contribution in [3.05, 3.63) is 54.4 Å². The lowest BCUT2D eigenvalue weighted by Crippen LogP contribution is -2.45. The molecule has 0 bridgehead atoms. The third-order valence-electron chi connectivity index (χ3n) is 4.44. The molecule has 0 unspecified atom stereocenters. The number of carbonyl (C=O) groups is 1. The molecule has 1 amide bonds. The van der Waals surface area contributed by atoms with E-state index in [0.29, 0.717) is 6.61 Å². The SMILES string of the molecule is CN(C(=O)OCc1ccccc1)C1CCN(c2ccnnc2)CC1. The number of benzene rings is 1. The van der Waals surface area contributed by atoms with Gasteiger partial charge < -0.3 is 14.5 Å². The van der Waals surface area contributed by atoms with Gasteiger partial charge in [-0.25, -0.2) is 4.79 Å². The summed E-state index contributed by atoms with van der Waals surface area (Å²) in [5, 5.41) is 7.73. The number of ether oxygens (including phenoxy) is 1. The largest absolute Gasteiger partial charge is 0.445 e. The van der Waals surface area contributed by atoms with E-state index in [-0.39, 0.29) is 12.1 Å². The Morgan fingerprint density at radius 2 is 1.96 bits per heavy atom. The number of nitrogens with zero attached hydrogens (tertiary/aromatic N) is 4. The Balaban J connectivity index is 1.47. The Bertz CT molecular complexity index is 643. The number of carbonyl (C=O) groups excluding carboxylic acids is 1. The molecule has 1 saturated heterocycles. The first-order valence-electron chi connectivity index (χ1n) is 8.19. The molecule has 0 atom stereocenters. The van der Waals surface area contributed by atoms with E-state index >= 15 is 0 Å². The quantitative estimate of drug-likeness (QED) is 0.864. The molecule has 24 heavy (non-hydrogen) atoms. The first-order valence-corrected chi connectivity index (χ1v) is 8.19. The van der Waals surface area contributed by atoms with E-state index in [0.717, 1.165) is 37.2 Å². The molecular weight excluding hydrogens is 304 g/mol. The average molecular weight is 326 g/mol. The molecule has 2 heterocycles. The molecule has 0 N–H and O–H groups in total. The highest BCUT2D eigenvalue weighted by atomic mass is 16.6. The van der Waals surface area contributed by atoms with Crippen LogP contribution in [0.3, 0.4) is 0 Å². The summed E-state index contributed by atoms with van der Waals surface area (Å²) in [5.41, 5.74) is 2.08. The van der Waals surface area contributed by atoms with Crippen LogP contribution in [0.4, 0.5) is 10.5 Å². The minimum Gasteiger partial charge on any atom is -0.445 e. The van der Waals surface area contributed by atoms with Gasteiger partial charge >= 0.3 is 6.09 Å². The molecule has 0 spiro atoms. The maximum absolute atomic E-state index is 12.2. The van der Waals surface area contributed by atoms with E-state index in [4.69, 9.17) is 4.74 Å². The van der Waals surface area contributed by atoms with Crippen molar-refractivity contribution in [1.82, 2.24) is 15.1 Å². The Morgan fingerprint density at radius 1 is 1.21 bits per heavy atom. The Morgan fingerprint density at radius 3 is 2.62 bits per heavy atom. The monoisotopic (exact) mass is 326 g/mol. The second kappa shape index (κ2) is 7.77. The summed E-state index contributed by atoms with van der Waals surface area (Å²) in [5.74, 6) is 0. The van der Waals surface area contributed by atoms with Crippen molar-refractivity contribution in [3.8, 4) is 0 Å². The Kier molecular flexibility index (Phi) is 5.25. The maximum atomic E-state index is 12.2. The normalized spacial score (nSPS) is 15.1. The second-order valence-electron chi connectivity index (χ2n) is 5.97. The second-order valence-corrected chi connectivity index (χ2v) is 5.97. The molecule has 2 aromatic rings. The lowest BCUT2D eigenvalue weighted by Gasteiger charge is -2.37. The molecule has 1 aliphatic heterocycles. The van der Waals surface area contributed by atoms with Crippen LogP contribution in [0.2, 0.25) is 0 Å². The summed E-state index contributed by atoms with van der Waals surface area (Å²) < 4.78 is 5.41. The van der Waals surface area contributed by atoms with Crippen LogP contribution in [0.1, 0.15) is 18.4 Å². The minimum atomic E-state index is -0.261. The summed E-state index contributed by atoms with van der Waals surface area (Å²) >= 11 is 0. The first-order chi connectivity index (χ1) is 11.7. The van der Waals surface area contributed by atoms with Crippen molar-refractivity contribution in [2.45, 2.75) is 25.5 Å². The molecule has 6 nitrogen and oxygen atoms in total. The summed E-state index contributed by atoms with van der Waals surface area (Å²) in [4.78, 5) is 16.2. The molecule has 0 radical (unpaired) electrons. The van der Waals surface area contributed by atoms with Crippen LogP contribution in [-0.2, 0) is 11.3 Å². The highest BCUT2D eigenvalue weighted by Crippen LogP contribution is 2.21. The fourth-order valence-corrected chi connectivity index (χ4v) is 2.95. The van der Waals surface area contributed by atoms with Gasteiger partial charge in [-0.3, -0.25) is 0 Å². The summed E-state index contributed by atoms with van der Waals surface area (Å²) in [6.45, 7) is 2.10. The third-order valence-corrected chi connectivity index (χ3v) is 4.44. The number of aromatic nitrogens is 2. The number of hydrogen-bond donors (Lipinski definition) is 0. The minimum absolute atomic E-state index is 0.208. The first kappa shape index (κ1) is 16.2. The molecule has 3 rings (SSSR count). The van der Waals surface area contributed by atoms with Gasteiger partial charge in [0, 0.05) is 26.2 Å². The number of piperidine rings is 1. The van der Waals surface area contributed by atoms with Crippen molar-refractivity contribution in [2.24, 2.45) is 0 Å². The Hall–Kier alpha value is -2.63. The molecule has 6 heteroatoms. The zero-order valence-electron chi connectivity index (χ0n) is 13.8. The topological polar surface area (TPSA) is 58.6 Å². The van der Waals surface area contributed by atoms with Crippen molar-refractivity contribution in [1.29, 1.82) is 0 Å². The van der Waals surface area contributed by atoms with E-state index in [1.165, 1.54) is 0 Å². The molecule has 1 aliphatic rings. The molecule has 0 aliphatic carbocycles. The third kappa shape index (κ3) is 4.01. The summed E-state index contributed by atoms with van der Waals surface area (Å²) in [6.07, 6.45) is 5.05. The van der Waals surface area contributed by atoms with Gasteiger partial charge in [-0.1, -0.05) is 30.3 Å². The van der Waals surface area contributed by atoms with Crippen LogP contribution in [0, 0.1) is 0 Å². The predicted octanol–water partition coefficient (Wildman–Crippen LogP) is 2.71. The van der Waals surface area contributed by atoms with E-state index < -0.39 is 0 Å². The van der Waals surface area contributed by atoms with Crippen molar-refractivity contribution >= 4 is 11.8 Å². The highest BCUT2D eigenvalue weighted by Gasteiger charge is 2.26. The van der Waals surface area contributed by atoms with Crippen LogP contribution in [0.25, 0.3) is 0 Å². The molecule has 126 valence electrons. The molecular formula is C18H22N4O2. The van der Waals surface area contributed by atoms with E-state index in [1.54, 1.807) is 17.3 Å². The van der Waals surface area contributed by atoms with Gasteiger partial charge in [0.15, 0.2) is 0 Å². The standard InChI is InChI=1S/C18H22N4O2/c1-21(18(23)24-14-15-5-3-2-4-6-15)16-8-11-22(12-9-16)17-7-10-19-20-13-17/h2-7,10,13,16H,8-9,11-12,14H2,1H3. The van der Waals surface area contributed by atoms with E-state index in [1.807, 2.05) is 43.4 Å². The van der Waals surface area contributed by atoms with Crippen molar-refractivity contribution in [3.63, 3.8) is 0 Å². The van der Waals surface area contributed by atoms with Gasteiger partial charge in [0.1, 0.15) is 6.61 Å². The molecule has 1 aromatic carbocycles. The van der Waals surface area contributed by atoms with Gasteiger partial charge in [0.05, 0.1) is 18.1 Å². The lowest BCUT2D eigenvalue weighted by molar-refractivity contribution is 0.0862. The maximum Gasteiger partial charge on any atom is 0.410 e. The molecule has 0 saturated carbocycles. The van der Waals surface area contributed by atoms with Gasteiger partial charge in [-0.2, -0.15) is 10.2 Å². The smallest absolute Gasteiger partial charge is 0.410 e. The fraction of sp³-hybridized carbons (Fsp3) is 0.389. The van der Waals surface area contributed by atoms with Gasteiger partial charge in [-0.15, -0.1) is 0 Å². The zero-order chi connectivity index (χ0) is 16.8. The van der Waals surface area contributed by atoms with Crippen LogP contribution in [0.15, 0.2) is 48.8 Å². The van der Waals surface area contributed by atoms with Crippen LogP contribution in [-0.4, -0.2) is 47.4 Å². The fourth-order valence-electron chi connectivity index (χ4n) is 2.95. The number of amides is 1. The zero-order valence-corrected chi connectivity index (χ0v) is 13.8. The van der Waals surface area contributed by atoms with Crippen molar-refractivity contribution < 1.29 is 9.53 Å². The summed E-state index contributed by atoms with van der Waals surface area (Å²) in [7, 11) is 1.82. The van der Waals surface area contributed by atoms with Crippen LogP contribution in [0.5, 0.6) is 0 Å². The predicted molar refractivity (Wildman–Crippen MR) is 91.7 cm³/mol. The van der Waals surface area contributed by atoms with Gasteiger partial charge in [0.25, 0.3) is 0 Å². The highest BCUT2D eigenvalue weighted by molar-refractivity contribution is 5.67. The van der Waals surface area contributed by atoms with Crippen LogP contribution < -0.4 is 4.90 Å². The van der Waals surface area contributed by atoms with E-state index in [2.05, 4.69) is 15.1 Å². The van der Waals surface area contributed by atoms with Crippen LogP contribution >= 0.6 is 0 Å². The number of hydrogen-bond acceptors (Lipinski definition) is 5. The average Bonchev–Trinajstić information content (AvgIpc) is 2.67. The lowest BCUT2D eigenvalue weighted by atomic mass is 10.0. The van der Waals surface area contributed by atoms with E-state index in [9.17, 15) is 4.79 Å². The van der Waals surface area contributed by atoms with Gasteiger partial charge in [0.2, 0.25) is 0 Å². The molecule has 1 fully saturated rings. The number of anilines is 1. The summed E-state index contributed by atoms with van der Waals surface area (Å²) in [6, 6.07) is 11.9. The molecule has 1 aromatic heterocycles. The van der Waals surface area contributed by atoms with Gasteiger partial charge in [-0.05, 0) is 24.5 Å². The number of rotatable bonds is 4.